The van der Waals surface area contributed by atoms with Crippen LogP contribution in [0.5, 0.6) is 11.5 Å². The molecule has 3 aromatic rings. The highest BCUT2D eigenvalue weighted by molar-refractivity contribution is 6.32. The number of rotatable bonds is 8. The van der Waals surface area contributed by atoms with Crippen molar-refractivity contribution in [2.45, 2.75) is 13.5 Å². The molecule has 0 amide bonds. The average Bonchev–Trinajstić information content (AvgIpc) is 3.22. The van der Waals surface area contributed by atoms with E-state index >= 15 is 0 Å². The summed E-state index contributed by atoms with van der Waals surface area (Å²) >= 11 is 6.42. The molecule has 1 heterocycles. The fraction of sp³-hybridized carbons (Fsp3) is 0.120. The number of methoxy groups -OCH3 is 1. The molecule has 0 bridgehead atoms. The smallest absolute Gasteiger partial charge is 0.363 e. The molecule has 1 aliphatic rings. The number of hydrogen-bond acceptors (Lipinski definition) is 9. The van der Waals surface area contributed by atoms with Gasteiger partial charge in [0.1, 0.15) is 6.61 Å². The monoisotopic (exact) mass is 523 g/mol. The van der Waals surface area contributed by atoms with Crippen molar-refractivity contribution in [1.82, 2.24) is 0 Å². The lowest BCUT2D eigenvalue weighted by Crippen LogP contribution is -2.06. The summed E-state index contributed by atoms with van der Waals surface area (Å²) in [6.45, 7) is 1.58. The minimum Gasteiger partial charge on any atom is -0.493 e. The highest BCUT2D eigenvalue weighted by atomic mass is 35.5. The number of hydrogen-bond donors (Lipinski definition) is 0. The van der Waals surface area contributed by atoms with E-state index in [1.165, 1.54) is 49.6 Å². The molecular weight excluding hydrogens is 506 g/mol. The molecule has 12 heteroatoms. The molecule has 11 nitrogen and oxygen atoms in total. The van der Waals surface area contributed by atoms with Gasteiger partial charge in [-0.25, -0.2) is 9.79 Å². The normalized spacial score (nSPS) is 13.8. The van der Waals surface area contributed by atoms with Crippen molar-refractivity contribution in [3.8, 4) is 11.5 Å². The molecule has 0 atom stereocenters. The molecule has 0 aliphatic carbocycles. The average molecular weight is 524 g/mol. The van der Waals surface area contributed by atoms with Crippen molar-refractivity contribution in [1.29, 1.82) is 0 Å². The second-order valence-corrected chi connectivity index (χ2v) is 8.25. The number of esters is 1. The highest BCUT2D eigenvalue weighted by Crippen LogP contribution is 2.38. The van der Waals surface area contributed by atoms with Crippen LogP contribution in [0.4, 0.5) is 11.4 Å². The number of halogens is 1. The summed E-state index contributed by atoms with van der Waals surface area (Å²) < 4.78 is 16.4. The number of carbonyl (C=O) groups is 1. The number of cyclic esters (lactones) is 1. The first-order chi connectivity index (χ1) is 17.7. The van der Waals surface area contributed by atoms with Crippen LogP contribution in [0, 0.1) is 27.2 Å². The Labute approximate surface area is 214 Å². The third kappa shape index (κ3) is 5.57. The van der Waals surface area contributed by atoms with Crippen LogP contribution in [0.25, 0.3) is 6.08 Å². The van der Waals surface area contributed by atoms with Gasteiger partial charge >= 0.3 is 5.97 Å². The number of nitro groups is 2. The molecule has 37 heavy (non-hydrogen) atoms. The van der Waals surface area contributed by atoms with Gasteiger partial charge in [0.25, 0.3) is 11.4 Å². The maximum atomic E-state index is 12.4. The fourth-order valence-corrected chi connectivity index (χ4v) is 3.84. The molecule has 4 rings (SSSR count). The standard InChI is InChI=1S/C25H18ClN3O8/c1-14-8-17(6-7-21(14)29(33)34)24-27-20(25(30)37-24)11-16-10-19(26)23(22(12-16)35-2)36-13-15-4-3-5-18(9-15)28(31)32/h3-12H,13H2,1-2H3/b20-11-. The van der Waals surface area contributed by atoms with Crippen molar-refractivity contribution >= 4 is 40.9 Å². The number of nitro benzene ring substituents is 2. The first-order valence-electron chi connectivity index (χ1n) is 10.7. The predicted octanol–water partition coefficient (Wildman–Crippen LogP) is 5.40. The van der Waals surface area contributed by atoms with Crippen LogP contribution < -0.4 is 9.47 Å². The zero-order chi connectivity index (χ0) is 26.7. The first kappa shape index (κ1) is 25.3. The second-order valence-electron chi connectivity index (χ2n) is 7.84. The van der Waals surface area contributed by atoms with Gasteiger partial charge in [0.05, 0.1) is 22.0 Å². The summed E-state index contributed by atoms with van der Waals surface area (Å²) in [6.07, 6.45) is 1.45. The third-order valence-electron chi connectivity index (χ3n) is 5.32. The lowest BCUT2D eigenvalue weighted by Gasteiger charge is -2.13. The van der Waals surface area contributed by atoms with Crippen LogP contribution in [0.15, 0.2) is 65.3 Å². The molecule has 1 aliphatic heterocycles. The van der Waals surface area contributed by atoms with Crippen molar-refractivity contribution in [3.05, 3.63) is 108 Å². The summed E-state index contributed by atoms with van der Waals surface area (Å²) in [5.74, 6) is -0.194. The lowest BCUT2D eigenvalue weighted by atomic mass is 10.1. The minimum atomic E-state index is -0.702. The molecule has 0 saturated carbocycles. The van der Waals surface area contributed by atoms with E-state index in [-0.39, 0.29) is 46.1 Å². The van der Waals surface area contributed by atoms with Crippen LogP contribution in [0.3, 0.4) is 0 Å². The topological polar surface area (TPSA) is 143 Å². The molecule has 0 N–H and O–H groups in total. The second kappa shape index (κ2) is 10.5. The Morgan fingerprint density at radius 2 is 1.86 bits per heavy atom. The van der Waals surface area contributed by atoms with E-state index < -0.39 is 15.8 Å². The number of benzene rings is 3. The minimum absolute atomic E-state index is 0.00520. The van der Waals surface area contributed by atoms with Crippen LogP contribution in [0.2, 0.25) is 5.02 Å². The molecule has 0 radical (unpaired) electrons. The summed E-state index contributed by atoms with van der Waals surface area (Å²) in [7, 11) is 1.42. The Bertz CT molecular complexity index is 1500. The largest absolute Gasteiger partial charge is 0.493 e. The van der Waals surface area contributed by atoms with Gasteiger partial charge in [-0.05, 0) is 48.4 Å². The van der Waals surface area contributed by atoms with Crippen molar-refractivity contribution in [3.63, 3.8) is 0 Å². The van der Waals surface area contributed by atoms with E-state index in [1.807, 2.05) is 0 Å². The van der Waals surface area contributed by atoms with E-state index in [4.69, 9.17) is 25.8 Å². The van der Waals surface area contributed by atoms with Gasteiger partial charge in [-0.2, -0.15) is 0 Å². The first-order valence-corrected chi connectivity index (χ1v) is 11.1. The van der Waals surface area contributed by atoms with E-state index in [1.54, 1.807) is 25.1 Å². The third-order valence-corrected chi connectivity index (χ3v) is 5.60. The Morgan fingerprint density at radius 1 is 1.08 bits per heavy atom. The Morgan fingerprint density at radius 3 is 2.54 bits per heavy atom. The van der Waals surface area contributed by atoms with Crippen LogP contribution in [0.1, 0.15) is 22.3 Å². The SMILES string of the molecule is COc1cc(/C=C2\N=C(c3ccc([N+](=O)[O-])c(C)c3)OC2=O)cc(Cl)c1OCc1cccc([N+](=O)[O-])c1. The maximum Gasteiger partial charge on any atom is 0.363 e. The molecule has 0 unspecified atom stereocenters. The highest BCUT2D eigenvalue weighted by Gasteiger charge is 2.26. The molecule has 0 aromatic heterocycles. The van der Waals surface area contributed by atoms with Crippen molar-refractivity contribution in [2.24, 2.45) is 4.99 Å². The van der Waals surface area contributed by atoms with E-state index in [2.05, 4.69) is 4.99 Å². The zero-order valence-electron chi connectivity index (χ0n) is 19.5. The van der Waals surface area contributed by atoms with Crippen molar-refractivity contribution < 1.29 is 28.9 Å². The van der Waals surface area contributed by atoms with Crippen molar-refractivity contribution in [2.75, 3.05) is 7.11 Å². The van der Waals surface area contributed by atoms with Gasteiger partial charge in [0.15, 0.2) is 17.2 Å². The van der Waals surface area contributed by atoms with Gasteiger partial charge < -0.3 is 14.2 Å². The maximum absolute atomic E-state index is 12.4. The van der Waals surface area contributed by atoms with Gasteiger partial charge in [-0.3, -0.25) is 20.2 Å². The molecule has 0 saturated heterocycles. The molecule has 3 aromatic carbocycles. The zero-order valence-corrected chi connectivity index (χ0v) is 20.2. The van der Waals surface area contributed by atoms with Gasteiger partial charge in [-0.1, -0.05) is 23.7 Å². The Hall–Kier alpha value is -4.77. The summed E-state index contributed by atoms with van der Waals surface area (Å²) in [4.78, 5) is 37.7. The van der Waals surface area contributed by atoms with Gasteiger partial charge in [0, 0.05) is 29.3 Å². The summed E-state index contributed by atoms with van der Waals surface area (Å²) in [5.41, 5.74) is 1.73. The van der Waals surface area contributed by atoms with E-state index in [0.29, 0.717) is 22.3 Å². The number of aliphatic imine (C=N–C) groups is 1. The number of carbonyl (C=O) groups excluding carboxylic acids is 1. The van der Waals surface area contributed by atoms with Gasteiger partial charge in [-0.15, -0.1) is 0 Å². The summed E-state index contributed by atoms with van der Waals surface area (Å²) in [6, 6.07) is 13.4. The summed E-state index contributed by atoms with van der Waals surface area (Å²) in [5, 5.41) is 22.2. The quantitative estimate of drug-likeness (QED) is 0.165. The lowest BCUT2D eigenvalue weighted by molar-refractivity contribution is -0.385. The molecular formula is C25H18ClN3O8. The predicted molar refractivity (Wildman–Crippen MR) is 134 cm³/mol. The Balaban J connectivity index is 1.58. The van der Waals surface area contributed by atoms with E-state index in [9.17, 15) is 25.0 Å². The number of aryl methyl sites for hydroxylation is 1. The number of ether oxygens (including phenoxy) is 3. The number of nitrogens with zero attached hydrogens (tertiary/aromatic N) is 3. The molecule has 0 spiro atoms. The molecule has 188 valence electrons. The number of non-ortho nitro benzene ring substituents is 1. The molecule has 0 fully saturated rings. The Kier molecular flexibility index (Phi) is 7.16. The van der Waals surface area contributed by atoms with E-state index in [0.717, 1.165) is 0 Å². The van der Waals surface area contributed by atoms with Gasteiger partial charge in [0.2, 0.25) is 5.90 Å². The van der Waals surface area contributed by atoms with Crippen LogP contribution >= 0.6 is 11.6 Å². The van der Waals surface area contributed by atoms with Crippen LogP contribution in [-0.2, 0) is 16.1 Å². The van der Waals surface area contributed by atoms with Crippen LogP contribution in [-0.4, -0.2) is 28.8 Å². The fourth-order valence-electron chi connectivity index (χ4n) is 3.56.